The summed E-state index contributed by atoms with van der Waals surface area (Å²) in [6.45, 7) is 4.22. The van der Waals surface area contributed by atoms with Gasteiger partial charge in [-0.25, -0.2) is 0 Å². The van der Waals surface area contributed by atoms with Gasteiger partial charge in [0.2, 0.25) is 5.91 Å². The maximum Gasteiger partial charge on any atom is 0.227 e. The molecular formula is C15H22N2O. The molecule has 0 radical (unpaired) electrons. The molecule has 3 N–H and O–H groups in total. The van der Waals surface area contributed by atoms with E-state index in [1.807, 2.05) is 25.1 Å². The Balaban J connectivity index is 1.96. The van der Waals surface area contributed by atoms with Gasteiger partial charge in [-0.3, -0.25) is 4.79 Å². The molecular weight excluding hydrogens is 224 g/mol. The van der Waals surface area contributed by atoms with Crippen LogP contribution < -0.4 is 11.1 Å². The molecule has 1 amide bonds. The van der Waals surface area contributed by atoms with Crippen molar-refractivity contribution in [1.29, 1.82) is 0 Å². The fourth-order valence-electron chi connectivity index (χ4n) is 2.48. The molecule has 98 valence electrons. The van der Waals surface area contributed by atoms with Gasteiger partial charge in [-0.15, -0.1) is 0 Å². The number of rotatable bonds is 2. The van der Waals surface area contributed by atoms with E-state index in [0.717, 1.165) is 48.5 Å². The zero-order valence-corrected chi connectivity index (χ0v) is 11.2. The first-order valence-corrected chi connectivity index (χ1v) is 6.73. The van der Waals surface area contributed by atoms with Crippen molar-refractivity contribution in [2.45, 2.75) is 39.5 Å². The van der Waals surface area contributed by atoms with Gasteiger partial charge in [0.1, 0.15) is 0 Å². The first-order valence-electron chi connectivity index (χ1n) is 6.73. The zero-order valence-electron chi connectivity index (χ0n) is 11.2. The van der Waals surface area contributed by atoms with Gasteiger partial charge in [-0.05, 0) is 56.2 Å². The molecule has 0 spiro atoms. The SMILES string of the molecule is Cc1ccc(NC(=O)C2CCC(C)CC2)cc1N. The first kappa shape index (κ1) is 12.9. The molecule has 1 aromatic rings. The minimum Gasteiger partial charge on any atom is -0.398 e. The number of anilines is 2. The molecule has 1 fully saturated rings. The Labute approximate surface area is 109 Å². The predicted octanol–water partition coefficient (Wildman–Crippen LogP) is 3.34. The molecule has 3 nitrogen and oxygen atoms in total. The quantitative estimate of drug-likeness (QED) is 0.786. The number of nitrogen functional groups attached to an aromatic ring is 1. The Bertz CT molecular complexity index is 434. The summed E-state index contributed by atoms with van der Waals surface area (Å²) < 4.78 is 0. The number of hydrogen-bond donors (Lipinski definition) is 2. The van der Waals surface area contributed by atoms with Crippen molar-refractivity contribution in [3.63, 3.8) is 0 Å². The second-order valence-corrected chi connectivity index (χ2v) is 5.52. The van der Waals surface area contributed by atoms with Gasteiger partial charge >= 0.3 is 0 Å². The topological polar surface area (TPSA) is 55.1 Å². The second kappa shape index (κ2) is 5.42. The molecule has 1 aromatic carbocycles. The molecule has 0 unspecified atom stereocenters. The van der Waals surface area contributed by atoms with Crippen LogP contribution in [0.4, 0.5) is 11.4 Å². The Morgan fingerprint density at radius 2 is 1.94 bits per heavy atom. The van der Waals surface area contributed by atoms with E-state index in [1.54, 1.807) is 0 Å². The Morgan fingerprint density at radius 1 is 1.28 bits per heavy atom. The van der Waals surface area contributed by atoms with E-state index < -0.39 is 0 Å². The van der Waals surface area contributed by atoms with Gasteiger partial charge in [0.05, 0.1) is 0 Å². The molecule has 18 heavy (non-hydrogen) atoms. The highest BCUT2D eigenvalue weighted by atomic mass is 16.1. The highest BCUT2D eigenvalue weighted by Crippen LogP contribution is 2.29. The maximum absolute atomic E-state index is 12.1. The van der Waals surface area contributed by atoms with Crippen LogP contribution >= 0.6 is 0 Å². The summed E-state index contributed by atoms with van der Waals surface area (Å²) in [5.41, 5.74) is 8.42. The average Bonchev–Trinajstić information content (AvgIpc) is 2.34. The van der Waals surface area contributed by atoms with E-state index in [9.17, 15) is 4.79 Å². The van der Waals surface area contributed by atoms with Crippen LogP contribution in [0.2, 0.25) is 0 Å². The highest BCUT2D eigenvalue weighted by Gasteiger charge is 2.24. The molecule has 0 aromatic heterocycles. The lowest BCUT2D eigenvalue weighted by atomic mass is 9.82. The molecule has 1 saturated carbocycles. The maximum atomic E-state index is 12.1. The minimum absolute atomic E-state index is 0.144. The number of aryl methyl sites for hydroxylation is 1. The number of nitrogens with two attached hydrogens (primary N) is 1. The van der Waals surface area contributed by atoms with Crippen LogP contribution in [0.25, 0.3) is 0 Å². The molecule has 0 bridgehead atoms. The number of amides is 1. The fourth-order valence-corrected chi connectivity index (χ4v) is 2.48. The number of carbonyl (C=O) groups excluding carboxylic acids is 1. The highest BCUT2D eigenvalue weighted by molar-refractivity contribution is 5.93. The van der Waals surface area contributed by atoms with Crippen molar-refractivity contribution in [3.05, 3.63) is 23.8 Å². The third-order valence-corrected chi connectivity index (χ3v) is 3.93. The molecule has 3 heteroatoms. The number of nitrogens with one attached hydrogen (secondary N) is 1. The van der Waals surface area contributed by atoms with E-state index in [-0.39, 0.29) is 11.8 Å². The Hall–Kier alpha value is -1.51. The molecule has 0 atom stereocenters. The molecule has 1 aliphatic rings. The van der Waals surface area contributed by atoms with Gasteiger partial charge in [0, 0.05) is 17.3 Å². The summed E-state index contributed by atoms with van der Waals surface area (Å²) in [5, 5.41) is 2.98. The van der Waals surface area contributed by atoms with E-state index in [0.29, 0.717) is 0 Å². The lowest BCUT2D eigenvalue weighted by Crippen LogP contribution is -2.26. The van der Waals surface area contributed by atoms with Crippen molar-refractivity contribution in [2.24, 2.45) is 11.8 Å². The average molecular weight is 246 g/mol. The number of carbonyl (C=O) groups is 1. The fraction of sp³-hybridized carbons (Fsp3) is 0.533. The lowest BCUT2D eigenvalue weighted by molar-refractivity contribution is -0.121. The van der Waals surface area contributed by atoms with Gasteiger partial charge in [-0.1, -0.05) is 13.0 Å². The summed E-state index contributed by atoms with van der Waals surface area (Å²) >= 11 is 0. The molecule has 0 saturated heterocycles. The van der Waals surface area contributed by atoms with Crippen molar-refractivity contribution in [1.82, 2.24) is 0 Å². The van der Waals surface area contributed by atoms with Crippen LogP contribution in [0.15, 0.2) is 18.2 Å². The lowest BCUT2D eigenvalue weighted by Gasteiger charge is -2.25. The largest absolute Gasteiger partial charge is 0.398 e. The van der Waals surface area contributed by atoms with Gasteiger partial charge in [-0.2, -0.15) is 0 Å². The number of hydrogen-bond acceptors (Lipinski definition) is 2. The van der Waals surface area contributed by atoms with Gasteiger partial charge in [0.15, 0.2) is 0 Å². The van der Waals surface area contributed by atoms with E-state index in [4.69, 9.17) is 5.73 Å². The van der Waals surface area contributed by atoms with E-state index in [1.165, 1.54) is 0 Å². The van der Waals surface area contributed by atoms with Crippen LogP contribution in [0.3, 0.4) is 0 Å². The summed E-state index contributed by atoms with van der Waals surface area (Å²) in [7, 11) is 0. The van der Waals surface area contributed by atoms with Crippen molar-refractivity contribution < 1.29 is 4.79 Å². The number of benzene rings is 1. The predicted molar refractivity (Wildman–Crippen MR) is 75.3 cm³/mol. The first-order chi connectivity index (χ1) is 8.56. The summed E-state index contributed by atoms with van der Waals surface area (Å²) in [6, 6.07) is 5.68. The van der Waals surface area contributed by atoms with Gasteiger partial charge < -0.3 is 11.1 Å². The Morgan fingerprint density at radius 3 is 2.56 bits per heavy atom. The zero-order chi connectivity index (χ0) is 13.1. The standard InChI is InChI=1S/C15H22N2O/c1-10-3-6-12(7-4-10)15(18)17-13-8-5-11(2)14(16)9-13/h5,8-10,12H,3-4,6-7,16H2,1-2H3,(H,17,18). The monoisotopic (exact) mass is 246 g/mol. The summed E-state index contributed by atoms with van der Waals surface area (Å²) in [5.74, 6) is 1.08. The molecule has 0 heterocycles. The normalized spacial score (nSPS) is 23.7. The van der Waals surface area contributed by atoms with Crippen molar-refractivity contribution in [3.8, 4) is 0 Å². The Kier molecular flexibility index (Phi) is 3.90. The molecule has 1 aliphatic carbocycles. The third kappa shape index (κ3) is 3.03. The van der Waals surface area contributed by atoms with Crippen LogP contribution in [0.1, 0.15) is 38.2 Å². The molecule has 0 aliphatic heterocycles. The van der Waals surface area contributed by atoms with Crippen molar-refractivity contribution >= 4 is 17.3 Å². The van der Waals surface area contributed by atoms with E-state index in [2.05, 4.69) is 12.2 Å². The van der Waals surface area contributed by atoms with Crippen LogP contribution in [0, 0.1) is 18.8 Å². The van der Waals surface area contributed by atoms with Gasteiger partial charge in [0.25, 0.3) is 0 Å². The van der Waals surface area contributed by atoms with Crippen LogP contribution in [0.5, 0.6) is 0 Å². The smallest absolute Gasteiger partial charge is 0.227 e. The summed E-state index contributed by atoms with van der Waals surface area (Å²) in [4.78, 5) is 12.1. The van der Waals surface area contributed by atoms with Crippen LogP contribution in [-0.2, 0) is 4.79 Å². The van der Waals surface area contributed by atoms with E-state index >= 15 is 0 Å². The van der Waals surface area contributed by atoms with Crippen LogP contribution in [-0.4, -0.2) is 5.91 Å². The molecule has 2 rings (SSSR count). The minimum atomic E-state index is 0.144. The second-order valence-electron chi connectivity index (χ2n) is 5.52. The summed E-state index contributed by atoms with van der Waals surface area (Å²) in [6.07, 6.45) is 4.34. The van der Waals surface area contributed by atoms with Crippen molar-refractivity contribution in [2.75, 3.05) is 11.1 Å². The third-order valence-electron chi connectivity index (χ3n) is 3.93.